The van der Waals surface area contributed by atoms with Crippen molar-refractivity contribution in [2.45, 2.75) is 57.4 Å². The van der Waals surface area contributed by atoms with E-state index in [0.29, 0.717) is 0 Å². The fraction of sp³-hybridized carbons (Fsp3) is 1.00. The second-order valence-electron chi connectivity index (χ2n) is 4.07. The van der Waals surface area contributed by atoms with Gasteiger partial charge in [0, 0.05) is 11.3 Å². The third-order valence-corrected chi connectivity index (χ3v) is 4.65. The quantitative estimate of drug-likeness (QED) is 0.653. The Morgan fingerprint density at radius 1 is 1.00 bits per heavy atom. The number of thioether (sulfide) groups is 1. The summed E-state index contributed by atoms with van der Waals surface area (Å²) in [6, 6.07) is 0. The van der Waals surface area contributed by atoms with Gasteiger partial charge in [0.05, 0.1) is 4.87 Å². The summed E-state index contributed by atoms with van der Waals surface area (Å²) in [7, 11) is 0. The summed E-state index contributed by atoms with van der Waals surface area (Å²) in [6.45, 7) is 8.48. The van der Waals surface area contributed by atoms with Crippen molar-refractivity contribution in [2.24, 2.45) is 11.5 Å². The molecule has 0 heterocycles. The Labute approximate surface area is 86.8 Å². The first-order chi connectivity index (χ1) is 5.89. The van der Waals surface area contributed by atoms with Gasteiger partial charge in [0.25, 0.3) is 0 Å². The Bertz CT molecular complexity index is 142. The molecule has 0 aromatic heterocycles. The maximum Gasteiger partial charge on any atom is 0.0615 e. The van der Waals surface area contributed by atoms with Crippen LogP contribution in [0.4, 0.5) is 0 Å². The van der Waals surface area contributed by atoms with E-state index in [-0.39, 0.29) is 10.4 Å². The van der Waals surface area contributed by atoms with Crippen molar-refractivity contribution >= 4 is 11.8 Å². The van der Waals surface area contributed by atoms with Crippen molar-refractivity contribution < 1.29 is 0 Å². The van der Waals surface area contributed by atoms with Gasteiger partial charge < -0.3 is 11.5 Å². The molecule has 13 heavy (non-hydrogen) atoms. The van der Waals surface area contributed by atoms with Crippen molar-refractivity contribution in [3.8, 4) is 0 Å². The summed E-state index contributed by atoms with van der Waals surface area (Å²) in [5.41, 5.74) is 12.2. The minimum atomic E-state index is -0.0736. The fourth-order valence-corrected chi connectivity index (χ4v) is 2.09. The highest BCUT2D eigenvalue weighted by molar-refractivity contribution is 8.00. The maximum absolute atomic E-state index is 6.17. The largest absolute Gasteiger partial charge is 0.325 e. The molecule has 1 atom stereocenters. The number of hydrogen-bond donors (Lipinski definition) is 2. The molecule has 0 saturated heterocycles. The first-order valence-corrected chi connectivity index (χ1v) is 6.09. The van der Waals surface area contributed by atoms with Gasteiger partial charge in [0.2, 0.25) is 0 Å². The Morgan fingerprint density at radius 2 is 1.46 bits per heavy atom. The number of rotatable bonds is 6. The molecular formula is C10H24N2S. The molecule has 0 aliphatic heterocycles. The van der Waals surface area contributed by atoms with Gasteiger partial charge in [-0.3, -0.25) is 0 Å². The van der Waals surface area contributed by atoms with E-state index in [9.17, 15) is 0 Å². The SMILES string of the molecule is CCC(C)(N)CSC(N)(CC)CC. The van der Waals surface area contributed by atoms with Crippen LogP contribution in [0.5, 0.6) is 0 Å². The summed E-state index contributed by atoms with van der Waals surface area (Å²) in [4.78, 5) is -0.0736. The van der Waals surface area contributed by atoms with Crippen molar-refractivity contribution in [1.82, 2.24) is 0 Å². The molecule has 0 aromatic rings. The second-order valence-corrected chi connectivity index (χ2v) is 5.46. The van der Waals surface area contributed by atoms with E-state index < -0.39 is 0 Å². The Kier molecular flexibility index (Phi) is 5.33. The molecule has 0 aromatic carbocycles. The number of hydrogen-bond acceptors (Lipinski definition) is 3. The van der Waals surface area contributed by atoms with Crippen LogP contribution in [0.1, 0.15) is 47.0 Å². The van der Waals surface area contributed by atoms with Gasteiger partial charge in [-0.15, -0.1) is 11.8 Å². The van der Waals surface area contributed by atoms with Crippen molar-refractivity contribution in [3.05, 3.63) is 0 Å². The monoisotopic (exact) mass is 204 g/mol. The lowest BCUT2D eigenvalue weighted by Crippen LogP contribution is -2.43. The van der Waals surface area contributed by atoms with Crippen molar-refractivity contribution in [3.63, 3.8) is 0 Å². The first kappa shape index (κ1) is 13.3. The summed E-state index contributed by atoms with van der Waals surface area (Å²) in [5.74, 6) is 0.946. The zero-order valence-electron chi connectivity index (χ0n) is 9.39. The Morgan fingerprint density at radius 3 is 1.77 bits per heavy atom. The third kappa shape index (κ3) is 4.89. The van der Waals surface area contributed by atoms with Crippen LogP contribution in [0.2, 0.25) is 0 Å². The lowest BCUT2D eigenvalue weighted by Gasteiger charge is -2.31. The van der Waals surface area contributed by atoms with E-state index >= 15 is 0 Å². The molecule has 0 saturated carbocycles. The molecule has 0 aliphatic rings. The van der Waals surface area contributed by atoms with Gasteiger partial charge in [0.1, 0.15) is 0 Å². The smallest absolute Gasteiger partial charge is 0.0615 e. The fourth-order valence-electron chi connectivity index (χ4n) is 0.865. The Hall–Kier alpha value is 0.270. The van der Waals surface area contributed by atoms with Gasteiger partial charge in [-0.1, -0.05) is 20.8 Å². The molecule has 0 aliphatic carbocycles. The second kappa shape index (κ2) is 5.23. The van der Waals surface area contributed by atoms with Crippen LogP contribution in [0.15, 0.2) is 0 Å². The molecule has 0 amide bonds. The van der Waals surface area contributed by atoms with E-state index in [2.05, 4.69) is 27.7 Å². The third-order valence-electron chi connectivity index (χ3n) is 2.69. The van der Waals surface area contributed by atoms with Crippen LogP contribution < -0.4 is 11.5 Å². The highest BCUT2D eigenvalue weighted by Crippen LogP contribution is 2.29. The summed E-state index contributed by atoms with van der Waals surface area (Å²) in [6.07, 6.45) is 3.02. The molecule has 3 heteroatoms. The summed E-state index contributed by atoms with van der Waals surface area (Å²) in [5, 5.41) is 0. The van der Waals surface area contributed by atoms with E-state index in [1.54, 1.807) is 0 Å². The molecule has 4 N–H and O–H groups in total. The van der Waals surface area contributed by atoms with Gasteiger partial charge in [-0.2, -0.15) is 0 Å². The number of nitrogens with two attached hydrogens (primary N) is 2. The van der Waals surface area contributed by atoms with Crippen molar-refractivity contribution in [2.75, 3.05) is 5.75 Å². The molecular weight excluding hydrogens is 180 g/mol. The van der Waals surface area contributed by atoms with Crippen LogP contribution in [-0.2, 0) is 0 Å². The predicted octanol–water partition coefficient (Wildman–Crippen LogP) is 2.32. The molecule has 2 nitrogen and oxygen atoms in total. The summed E-state index contributed by atoms with van der Waals surface area (Å²) >= 11 is 1.81. The first-order valence-electron chi connectivity index (χ1n) is 5.11. The average Bonchev–Trinajstić information content (AvgIpc) is 2.14. The van der Waals surface area contributed by atoms with Crippen molar-refractivity contribution in [1.29, 1.82) is 0 Å². The maximum atomic E-state index is 6.17. The van der Waals surface area contributed by atoms with Gasteiger partial charge in [0.15, 0.2) is 0 Å². The topological polar surface area (TPSA) is 52.0 Å². The molecule has 0 spiro atoms. The van der Waals surface area contributed by atoms with E-state index in [4.69, 9.17) is 11.5 Å². The molecule has 0 fully saturated rings. The molecule has 0 radical (unpaired) electrons. The van der Waals surface area contributed by atoms with Crippen LogP contribution in [0, 0.1) is 0 Å². The molecule has 0 rings (SSSR count). The predicted molar refractivity (Wildman–Crippen MR) is 62.8 cm³/mol. The summed E-state index contributed by atoms with van der Waals surface area (Å²) < 4.78 is 0. The minimum absolute atomic E-state index is 0.0698. The normalized spacial score (nSPS) is 17.1. The molecule has 80 valence electrons. The van der Waals surface area contributed by atoms with Gasteiger partial charge in [-0.25, -0.2) is 0 Å². The molecule has 1 unspecified atom stereocenters. The van der Waals surface area contributed by atoms with E-state index in [1.165, 1.54) is 0 Å². The van der Waals surface area contributed by atoms with Gasteiger partial charge >= 0.3 is 0 Å². The highest BCUT2D eigenvalue weighted by atomic mass is 32.2. The highest BCUT2D eigenvalue weighted by Gasteiger charge is 2.25. The average molecular weight is 204 g/mol. The lowest BCUT2D eigenvalue weighted by atomic mass is 10.0. The molecule has 0 bridgehead atoms. The zero-order valence-corrected chi connectivity index (χ0v) is 10.2. The van der Waals surface area contributed by atoms with Crippen LogP contribution in [0.3, 0.4) is 0 Å². The Balaban J connectivity index is 3.99. The van der Waals surface area contributed by atoms with Gasteiger partial charge in [-0.05, 0) is 26.2 Å². The van der Waals surface area contributed by atoms with E-state index in [1.807, 2.05) is 11.8 Å². The lowest BCUT2D eigenvalue weighted by molar-refractivity contribution is 0.502. The van der Waals surface area contributed by atoms with E-state index in [0.717, 1.165) is 25.0 Å². The standard InChI is InChI=1S/C10H24N2S/c1-5-9(4,11)8-13-10(12,6-2)7-3/h5-8,11-12H2,1-4H3. The van der Waals surface area contributed by atoms with Crippen LogP contribution in [-0.4, -0.2) is 16.2 Å². The van der Waals surface area contributed by atoms with Crippen LogP contribution in [0.25, 0.3) is 0 Å². The zero-order chi connectivity index (χ0) is 10.5. The minimum Gasteiger partial charge on any atom is -0.325 e. The van der Waals surface area contributed by atoms with Crippen LogP contribution >= 0.6 is 11.8 Å².